The van der Waals surface area contributed by atoms with Crippen molar-refractivity contribution in [2.24, 2.45) is 0 Å². The van der Waals surface area contributed by atoms with Gasteiger partial charge in [0.15, 0.2) is 5.78 Å². The zero-order valence-corrected chi connectivity index (χ0v) is 16.0. The van der Waals surface area contributed by atoms with E-state index in [2.05, 4.69) is 15.9 Å². The number of ether oxygens (including phenoxy) is 1. The van der Waals surface area contributed by atoms with Crippen LogP contribution in [0.5, 0.6) is 5.75 Å². The highest BCUT2D eigenvalue weighted by molar-refractivity contribution is 9.12. The molecule has 2 aromatic rings. The lowest BCUT2D eigenvalue weighted by Gasteiger charge is -2.23. The van der Waals surface area contributed by atoms with Crippen LogP contribution in [-0.4, -0.2) is 35.3 Å². The van der Waals surface area contributed by atoms with Gasteiger partial charge in [-0.25, -0.2) is 0 Å². The molecule has 0 bridgehead atoms. The molecule has 1 N–H and O–H groups in total. The Labute approximate surface area is 167 Å². The number of benzene rings is 2. The Balaban J connectivity index is 1.98. The van der Waals surface area contributed by atoms with E-state index >= 15 is 0 Å². The predicted octanol–water partition coefficient (Wildman–Crippen LogP) is 3.46. The Morgan fingerprint density at radius 2 is 1.39 bits per heavy atom. The second kappa shape index (κ2) is 6.38. The maximum atomic E-state index is 13.1. The monoisotopic (exact) mass is 438 g/mol. The SMILES string of the molecule is COc1ccc2c(c1)C(=O)C(Br)=C(C1=C(O)c3ccccc3C(=O)C1=O)C2=O. The maximum Gasteiger partial charge on any atom is 0.238 e. The molecule has 0 amide bonds. The Hall–Kier alpha value is -3.32. The minimum absolute atomic E-state index is 0.0465. The number of carbonyl (C=O) groups excluding carboxylic acids is 4. The third-order valence-electron chi connectivity index (χ3n) is 4.71. The van der Waals surface area contributed by atoms with Gasteiger partial charge < -0.3 is 9.84 Å². The second-order valence-corrected chi connectivity index (χ2v) is 6.98. The molecule has 0 saturated carbocycles. The number of methoxy groups -OCH3 is 1. The van der Waals surface area contributed by atoms with E-state index in [4.69, 9.17) is 4.74 Å². The number of ketones is 4. The highest BCUT2D eigenvalue weighted by atomic mass is 79.9. The average molecular weight is 439 g/mol. The van der Waals surface area contributed by atoms with E-state index in [0.717, 1.165) is 0 Å². The molecular weight excluding hydrogens is 428 g/mol. The molecule has 6 nitrogen and oxygen atoms in total. The Morgan fingerprint density at radius 3 is 2.07 bits per heavy atom. The summed E-state index contributed by atoms with van der Waals surface area (Å²) >= 11 is 3.09. The molecule has 0 radical (unpaired) electrons. The van der Waals surface area contributed by atoms with E-state index < -0.39 is 34.5 Å². The zero-order chi connectivity index (χ0) is 20.2. The van der Waals surface area contributed by atoms with Crippen LogP contribution in [0.3, 0.4) is 0 Å². The van der Waals surface area contributed by atoms with Gasteiger partial charge in [-0.3, -0.25) is 19.2 Å². The van der Waals surface area contributed by atoms with Gasteiger partial charge in [0.2, 0.25) is 17.3 Å². The summed E-state index contributed by atoms with van der Waals surface area (Å²) in [6.07, 6.45) is 0. The number of halogens is 1. The van der Waals surface area contributed by atoms with E-state index in [1.165, 1.54) is 37.4 Å². The molecule has 28 heavy (non-hydrogen) atoms. The highest BCUT2D eigenvalue weighted by Crippen LogP contribution is 2.39. The van der Waals surface area contributed by atoms with Crippen LogP contribution in [0.4, 0.5) is 0 Å². The fraction of sp³-hybridized carbons (Fsp3) is 0.0476. The quantitative estimate of drug-likeness (QED) is 0.720. The fourth-order valence-corrected chi connectivity index (χ4v) is 3.92. The van der Waals surface area contributed by atoms with Gasteiger partial charge in [0.25, 0.3) is 0 Å². The number of hydrogen-bond donors (Lipinski definition) is 1. The Bertz CT molecular complexity index is 1190. The molecule has 0 aromatic heterocycles. The molecule has 2 aliphatic rings. The number of carbonyl (C=O) groups is 4. The standard InChI is InChI=1S/C21H11BrO6/c1-28-9-6-7-12-13(8-9)19(25)16(22)14(17(12)23)15-18(24)10-4-2-3-5-11(10)20(26)21(15)27/h2-8,24H,1H3. The molecule has 0 aliphatic heterocycles. The normalized spacial score (nSPS) is 16.4. The summed E-state index contributed by atoms with van der Waals surface area (Å²) in [4.78, 5) is 51.1. The summed E-state index contributed by atoms with van der Waals surface area (Å²) < 4.78 is 4.89. The summed E-state index contributed by atoms with van der Waals surface area (Å²) in [7, 11) is 1.43. The van der Waals surface area contributed by atoms with E-state index in [-0.39, 0.29) is 32.3 Å². The first-order chi connectivity index (χ1) is 13.4. The predicted molar refractivity (Wildman–Crippen MR) is 103 cm³/mol. The summed E-state index contributed by atoms with van der Waals surface area (Å²) in [6, 6.07) is 10.4. The van der Waals surface area contributed by atoms with E-state index in [9.17, 15) is 24.3 Å². The lowest BCUT2D eigenvalue weighted by Crippen LogP contribution is -2.30. The molecule has 0 unspecified atom stereocenters. The van der Waals surface area contributed by atoms with Crippen molar-refractivity contribution < 1.29 is 29.0 Å². The van der Waals surface area contributed by atoms with Crippen molar-refractivity contribution in [2.75, 3.05) is 7.11 Å². The van der Waals surface area contributed by atoms with Gasteiger partial charge in [-0.1, -0.05) is 24.3 Å². The van der Waals surface area contributed by atoms with Crippen LogP contribution >= 0.6 is 15.9 Å². The van der Waals surface area contributed by atoms with Crippen molar-refractivity contribution in [3.8, 4) is 5.75 Å². The molecule has 0 fully saturated rings. The number of aliphatic hydroxyl groups is 1. The molecule has 0 atom stereocenters. The van der Waals surface area contributed by atoms with Gasteiger partial charge >= 0.3 is 0 Å². The van der Waals surface area contributed by atoms with Crippen molar-refractivity contribution in [1.82, 2.24) is 0 Å². The highest BCUT2D eigenvalue weighted by Gasteiger charge is 2.41. The van der Waals surface area contributed by atoms with Crippen molar-refractivity contribution in [2.45, 2.75) is 0 Å². The molecule has 2 aliphatic carbocycles. The van der Waals surface area contributed by atoms with Gasteiger partial charge in [0, 0.05) is 22.3 Å². The number of hydrogen-bond acceptors (Lipinski definition) is 6. The summed E-state index contributed by atoms with van der Waals surface area (Å²) in [5, 5.41) is 10.7. The number of allylic oxidation sites excluding steroid dienone is 3. The first-order valence-electron chi connectivity index (χ1n) is 8.16. The molecule has 0 spiro atoms. The summed E-state index contributed by atoms with van der Waals surface area (Å²) in [5.41, 5.74) is -0.456. The smallest absolute Gasteiger partial charge is 0.238 e. The van der Waals surface area contributed by atoms with Gasteiger partial charge in [-0.05, 0) is 34.1 Å². The van der Waals surface area contributed by atoms with E-state index in [1.807, 2.05) is 0 Å². The van der Waals surface area contributed by atoms with Crippen LogP contribution in [0.1, 0.15) is 36.6 Å². The average Bonchev–Trinajstić information content (AvgIpc) is 2.72. The first kappa shape index (κ1) is 18.1. The van der Waals surface area contributed by atoms with Gasteiger partial charge in [-0.15, -0.1) is 0 Å². The lowest BCUT2D eigenvalue weighted by atomic mass is 9.79. The van der Waals surface area contributed by atoms with Gasteiger partial charge in [-0.2, -0.15) is 0 Å². The molecule has 4 rings (SSSR count). The van der Waals surface area contributed by atoms with Crippen LogP contribution in [0, 0.1) is 0 Å². The third-order valence-corrected chi connectivity index (χ3v) is 5.47. The Morgan fingerprint density at radius 1 is 0.750 bits per heavy atom. The second-order valence-electron chi connectivity index (χ2n) is 6.19. The summed E-state index contributed by atoms with van der Waals surface area (Å²) in [6.45, 7) is 0. The first-order valence-corrected chi connectivity index (χ1v) is 8.95. The molecule has 0 heterocycles. The lowest BCUT2D eigenvalue weighted by molar-refractivity contribution is -0.111. The van der Waals surface area contributed by atoms with Crippen molar-refractivity contribution in [3.05, 3.63) is 80.3 Å². The molecular formula is C21H11BrO6. The van der Waals surface area contributed by atoms with Crippen LogP contribution in [0.25, 0.3) is 5.76 Å². The minimum Gasteiger partial charge on any atom is -0.506 e. The van der Waals surface area contributed by atoms with Crippen molar-refractivity contribution in [3.63, 3.8) is 0 Å². The maximum absolute atomic E-state index is 13.1. The van der Waals surface area contributed by atoms with Crippen molar-refractivity contribution >= 4 is 44.8 Å². The summed E-state index contributed by atoms with van der Waals surface area (Å²) in [5.74, 6) is -3.21. The molecule has 2 aromatic carbocycles. The number of aliphatic hydroxyl groups excluding tert-OH is 1. The number of Topliss-reactive ketones (excluding diaryl/α,β-unsaturated/α-hetero) is 4. The van der Waals surface area contributed by atoms with Crippen LogP contribution in [-0.2, 0) is 4.79 Å². The Kier molecular flexibility index (Phi) is 4.12. The topological polar surface area (TPSA) is 97.7 Å². The zero-order valence-electron chi connectivity index (χ0n) is 14.4. The number of fused-ring (bicyclic) bond motifs is 2. The van der Waals surface area contributed by atoms with Gasteiger partial charge in [0.1, 0.15) is 11.5 Å². The largest absolute Gasteiger partial charge is 0.506 e. The van der Waals surface area contributed by atoms with Crippen LogP contribution in [0.2, 0.25) is 0 Å². The minimum atomic E-state index is -1.04. The fourth-order valence-electron chi connectivity index (χ4n) is 3.32. The molecule has 0 saturated heterocycles. The van der Waals surface area contributed by atoms with E-state index in [1.54, 1.807) is 12.1 Å². The van der Waals surface area contributed by atoms with Crippen LogP contribution in [0.15, 0.2) is 58.1 Å². The molecule has 7 heteroatoms. The third kappa shape index (κ3) is 2.40. The molecule has 138 valence electrons. The van der Waals surface area contributed by atoms with E-state index in [0.29, 0.717) is 5.75 Å². The van der Waals surface area contributed by atoms with Gasteiger partial charge in [0.05, 0.1) is 22.7 Å². The number of rotatable bonds is 2. The van der Waals surface area contributed by atoms with Crippen molar-refractivity contribution in [1.29, 1.82) is 0 Å². The van der Waals surface area contributed by atoms with Crippen LogP contribution < -0.4 is 4.74 Å².